The number of rotatable bonds is 3. The van der Waals surface area contributed by atoms with Gasteiger partial charge in [0.05, 0.1) is 4.90 Å². The average molecular weight is 322 g/mol. The number of benzene rings is 1. The molecule has 0 aliphatic heterocycles. The van der Waals surface area contributed by atoms with Crippen molar-refractivity contribution < 1.29 is 13.2 Å². The highest BCUT2D eigenvalue weighted by atomic mass is 35.7. The van der Waals surface area contributed by atoms with Crippen LogP contribution in [0.1, 0.15) is 28.8 Å². The number of amides is 1. The van der Waals surface area contributed by atoms with Crippen molar-refractivity contribution in [3.05, 3.63) is 28.3 Å². The van der Waals surface area contributed by atoms with Gasteiger partial charge in [-0.3, -0.25) is 4.79 Å². The minimum absolute atomic E-state index is 0.116. The number of nitrogens with zero attached hydrogens (tertiary/aromatic N) is 1. The Morgan fingerprint density at radius 3 is 2.42 bits per heavy atom. The Labute approximate surface area is 121 Å². The standard InChI is InChI=1S/C12H13Cl2NO3S/c1-7-10(13)5-8(6-11(7)19(14,17)18)12(16)15(2)9-3-4-9/h5-6,9H,3-4H2,1-2H3. The number of hydrogen-bond acceptors (Lipinski definition) is 3. The van der Waals surface area contributed by atoms with E-state index in [2.05, 4.69) is 0 Å². The van der Waals surface area contributed by atoms with Gasteiger partial charge in [-0.1, -0.05) is 11.6 Å². The molecule has 0 aromatic heterocycles. The Kier molecular flexibility index (Phi) is 3.82. The van der Waals surface area contributed by atoms with Crippen molar-refractivity contribution in [1.29, 1.82) is 0 Å². The maximum atomic E-state index is 12.2. The van der Waals surface area contributed by atoms with Gasteiger partial charge in [-0.2, -0.15) is 0 Å². The second kappa shape index (κ2) is 4.96. The Morgan fingerprint density at radius 2 is 1.95 bits per heavy atom. The first kappa shape index (κ1) is 14.6. The van der Waals surface area contributed by atoms with Crippen molar-refractivity contribution in [2.24, 2.45) is 0 Å². The summed E-state index contributed by atoms with van der Waals surface area (Å²) in [4.78, 5) is 13.7. The third-order valence-corrected chi connectivity index (χ3v) is 5.06. The van der Waals surface area contributed by atoms with Gasteiger partial charge in [-0.15, -0.1) is 0 Å². The molecule has 0 spiro atoms. The zero-order valence-electron chi connectivity index (χ0n) is 10.5. The topological polar surface area (TPSA) is 54.5 Å². The van der Waals surface area contributed by atoms with Gasteiger partial charge in [0.15, 0.2) is 0 Å². The van der Waals surface area contributed by atoms with E-state index < -0.39 is 9.05 Å². The molecule has 0 unspecified atom stereocenters. The highest BCUT2D eigenvalue weighted by Gasteiger charge is 2.31. The molecule has 0 atom stereocenters. The third kappa shape index (κ3) is 3.04. The maximum absolute atomic E-state index is 12.2. The normalized spacial score (nSPS) is 15.4. The summed E-state index contributed by atoms with van der Waals surface area (Å²) < 4.78 is 23.0. The number of carbonyl (C=O) groups excluding carboxylic acids is 1. The van der Waals surface area contributed by atoms with Crippen LogP contribution in [-0.2, 0) is 9.05 Å². The van der Waals surface area contributed by atoms with Crippen molar-refractivity contribution in [2.45, 2.75) is 30.7 Å². The van der Waals surface area contributed by atoms with Crippen LogP contribution in [0, 0.1) is 6.92 Å². The second-order valence-corrected chi connectivity index (χ2v) is 7.61. The lowest BCUT2D eigenvalue weighted by Gasteiger charge is -2.17. The SMILES string of the molecule is Cc1c(Cl)cc(C(=O)N(C)C2CC2)cc1S(=O)(=O)Cl. The summed E-state index contributed by atoms with van der Waals surface area (Å²) in [6.07, 6.45) is 1.95. The molecule has 1 fully saturated rings. The Bertz CT molecular complexity index is 639. The van der Waals surface area contributed by atoms with Crippen LogP contribution >= 0.6 is 22.3 Å². The molecule has 0 saturated heterocycles. The van der Waals surface area contributed by atoms with Crippen LogP contribution < -0.4 is 0 Å². The lowest BCUT2D eigenvalue weighted by molar-refractivity contribution is 0.0785. The predicted molar refractivity (Wildman–Crippen MR) is 74.3 cm³/mol. The molecule has 0 bridgehead atoms. The monoisotopic (exact) mass is 321 g/mol. The molecule has 1 aromatic carbocycles. The van der Waals surface area contributed by atoms with Crippen LogP contribution in [0.2, 0.25) is 5.02 Å². The Hall–Kier alpha value is -0.780. The predicted octanol–water partition coefficient (Wildman–Crippen LogP) is 2.81. The fraction of sp³-hybridized carbons (Fsp3) is 0.417. The van der Waals surface area contributed by atoms with E-state index in [4.69, 9.17) is 22.3 Å². The van der Waals surface area contributed by atoms with Crippen LogP contribution in [0.15, 0.2) is 17.0 Å². The van der Waals surface area contributed by atoms with E-state index in [-0.39, 0.29) is 27.4 Å². The van der Waals surface area contributed by atoms with Crippen molar-refractivity contribution in [1.82, 2.24) is 4.90 Å². The van der Waals surface area contributed by atoms with E-state index in [1.165, 1.54) is 12.1 Å². The molecule has 0 N–H and O–H groups in total. The molecule has 7 heteroatoms. The highest BCUT2D eigenvalue weighted by molar-refractivity contribution is 8.13. The summed E-state index contributed by atoms with van der Waals surface area (Å²) in [6, 6.07) is 3.00. The van der Waals surface area contributed by atoms with E-state index in [0.29, 0.717) is 5.56 Å². The van der Waals surface area contributed by atoms with E-state index in [1.54, 1.807) is 18.9 Å². The van der Waals surface area contributed by atoms with Crippen LogP contribution in [-0.4, -0.2) is 32.3 Å². The molecular weight excluding hydrogens is 309 g/mol. The van der Waals surface area contributed by atoms with Gasteiger partial charge in [0.1, 0.15) is 0 Å². The van der Waals surface area contributed by atoms with Crippen LogP contribution in [0.3, 0.4) is 0 Å². The molecule has 0 radical (unpaired) electrons. The molecule has 19 heavy (non-hydrogen) atoms. The summed E-state index contributed by atoms with van der Waals surface area (Å²) in [5.41, 5.74) is 0.589. The third-order valence-electron chi connectivity index (χ3n) is 3.22. The van der Waals surface area contributed by atoms with Gasteiger partial charge in [0.25, 0.3) is 15.0 Å². The lowest BCUT2D eigenvalue weighted by Crippen LogP contribution is -2.28. The molecule has 1 aliphatic carbocycles. The van der Waals surface area contributed by atoms with Crippen molar-refractivity contribution in [2.75, 3.05) is 7.05 Å². The van der Waals surface area contributed by atoms with E-state index in [9.17, 15) is 13.2 Å². The van der Waals surface area contributed by atoms with E-state index in [0.717, 1.165) is 12.8 Å². The average Bonchev–Trinajstić information content (AvgIpc) is 3.13. The minimum atomic E-state index is -3.93. The minimum Gasteiger partial charge on any atom is -0.339 e. The van der Waals surface area contributed by atoms with Gasteiger partial charge in [0, 0.05) is 34.4 Å². The second-order valence-electron chi connectivity index (χ2n) is 4.67. The molecule has 0 heterocycles. The lowest BCUT2D eigenvalue weighted by atomic mass is 10.1. The largest absolute Gasteiger partial charge is 0.339 e. The first-order chi connectivity index (χ1) is 8.71. The van der Waals surface area contributed by atoms with E-state index >= 15 is 0 Å². The molecule has 2 rings (SSSR count). The molecule has 1 aromatic rings. The van der Waals surface area contributed by atoms with Gasteiger partial charge in [-0.25, -0.2) is 8.42 Å². The summed E-state index contributed by atoms with van der Waals surface area (Å²) >= 11 is 5.98. The van der Waals surface area contributed by atoms with Crippen LogP contribution in [0.25, 0.3) is 0 Å². The van der Waals surface area contributed by atoms with Crippen molar-refractivity contribution in [3.63, 3.8) is 0 Å². The zero-order valence-corrected chi connectivity index (χ0v) is 12.8. The van der Waals surface area contributed by atoms with Crippen molar-refractivity contribution in [3.8, 4) is 0 Å². The summed E-state index contributed by atoms with van der Waals surface area (Å²) in [5.74, 6) is -0.244. The van der Waals surface area contributed by atoms with Gasteiger partial charge >= 0.3 is 0 Å². The van der Waals surface area contributed by atoms with Crippen LogP contribution in [0.4, 0.5) is 0 Å². The smallest absolute Gasteiger partial charge is 0.261 e. The molecule has 1 amide bonds. The van der Waals surface area contributed by atoms with Crippen LogP contribution in [0.5, 0.6) is 0 Å². The Morgan fingerprint density at radius 1 is 1.37 bits per heavy atom. The Balaban J connectivity index is 2.47. The molecular formula is C12H13Cl2NO3S. The fourth-order valence-corrected chi connectivity index (χ4v) is 3.36. The zero-order chi connectivity index (χ0) is 14.4. The number of carbonyl (C=O) groups is 1. The molecule has 4 nitrogen and oxygen atoms in total. The van der Waals surface area contributed by atoms with Gasteiger partial charge < -0.3 is 4.90 Å². The first-order valence-corrected chi connectivity index (χ1v) is 8.42. The molecule has 1 saturated carbocycles. The quantitative estimate of drug-likeness (QED) is 0.804. The fourth-order valence-electron chi connectivity index (χ4n) is 1.86. The van der Waals surface area contributed by atoms with E-state index in [1.807, 2.05) is 0 Å². The van der Waals surface area contributed by atoms with Crippen molar-refractivity contribution >= 4 is 37.2 Å². The van der Waals surface area contributed by atoms with Gasteiger partial charge in [-0.05, 0) is 37.5 Å². The van der Waals surface area contributed by atoms with Gasteiger partial charge in [0.2, 0.25) is 0 Å². The maximum Gasteiger partial charge on any atom is 0.261 e. The summed E-state index contributed by atoms with van der Waals surface area (Å²) in [7, 11) is 3.13. The number of hydrogen-bond donors (Lipinski definition) is 0. The highest BCUT2D eigenvalue weighted by Crippen LogP contribution is 2.30. The molecule has 1 aliphatic rings. The summed E-state index contributed by atoms with van der Waals surface area (Å²) in [5, 5.41) is 0.217. The first-order valence-electron chi connectivity index (χ1n) is 5.74. The molecule has 104 valence electrons. The number of halogens is 2. The summed E-state index contributed by atoms with van der Waals surface area (Å²) in [6.45, 7) is 1.55.